The van der Waals surface area contributed by atoms with E-state index in [2.05, 4.69) is 13.2 Å². The maximum absolute atomic E-state index is 12.2. The highest BCUT2D eigenvalue weighted by molar-refractivity contribution is 5.92. The van der Waals surface area contributed by atoms with Crippen molar-refractivity contribution in [3.63, 3.8) is 0 Å². The maximum Gasteiger partial charge on any atom is 0.334 e. The number of fused-ring (bicyclic) bond motifs is 1. The summed E-state index contributed by atoms with van der Waals surface area (Å²) in [5.74, 6) is -2.90. The van der Waals surface area contributed by atoms with Crippen molar-refractivity contribution in [2.45, 2.75) is 45.0 Å². The fourth-order valence-corrected chi connectivity index (χ4v) is 3.17. The van der Waals surface area contributed by atoms with Gasteiger partial charge in [-0.2, -0.15) is 0 Å². The molecule has 0 radical (unpaired) electrons. The topological polar surface area (TPSA) is 116 Å². The van der Waals surface area contributed by atoms with E-state index in [1.54, 1.807) is 6.08 Å². The molecule has 0 aromatic carbocycles. The Morgan fingerprint density at radius 1 is 1.38 bits per heavy atom. The van der Waals surface area contributed by atoms with E-state index in [4.69, 9.17) is 14.2 Å². The van der Waals surface area contributed by atoms with Crippen LogP contribution in [0.4, 0.5) is 0 Å². The highest BCUT2D eigenvalue weighted by Gasteiger charge is 2.48. The minimum absolute atomic E-state index is 0.00229. The van der Waals surface area contributed by atoms with Gasteiger partial charge in [-0.05, 0) is 31.4 Å². The Balaban J connectivity index is 2.51. The largest absolute Gasteiger partial charge is 0.461 e. The molecule has 1 saturated heterocycles. The number of aldehydes is 1. The number of rotatable bonds is 5. The third-order valence-corrected chi connectivity index (χ3v) is 4.70. The third-order valence-electron chi connectivity index (χ3n) is 4.70. The van der Waals surface area contributed by atoms with Gasteiger partial charge in [-0.15, -0.1) is 0 Å². The lowest BCUT2D eigenvalue weighted by atomic mass is 9.83. The second-order valence-electron chi connectivity index (χ2n) is 6.98. The third kappa shape index (κ3) is 5.29. The molecule has 1 N–H and O–H groups in total. The van der Waals surface area contributed by atoms with Crippen LogP contribution in [0.3, 0.4) is 0 Å². The average molecular weight is 404 g/mol. The number of ether oxygens (including phenoxy) is 3. The molecule has 0 aromatic rings. The van der Waals surface area contributed by atoms with Gasteiger partial charge in [0.1, 0.15) is 31.2 Å². The summed E-state index contributed by atoms with van der Waals surface area (Å²) in [6.07, 6.45) is 0.649. The van der Waals surface area contributed by atoms with Crippen LogP contribution in [0.5, 0.6) is 0 Å². The molecule has 0 amide bonds. The van der Waals surface area contributed by atoms with Crippen molar-refractivity contribution in [1.82, 2.24) is 0 Å². The van der Waals surface area contributed by atoms with Gasteiger partial charge in [0.15, 0.2) is 0 Å². The molecule has 8 heteroatoms. The van der Waals surface area contributed by atoms with Gasteiger partial charge in [0.05, 0.1) is 5.92 Å². The molecule has 29 heavy (non-hydrogen) atoms. The number of hydrogen-bond acceptors (Lipinski definition) is 8. The first-order valence-electron chi connectivity index (χ1n) is 9.08. The molecule has 4 atom stereocenters. The summed E-state index contributed by atoms with van der Waals surface area (Å²) in [6.45, 7) is 9.91. The van der Waals surface area contributed by atoms with E-state index in [1.165, 1.54) is 19.9 Å². The second kappa shape index (κ2) is 9.47. The summed E-state index contributed by atoms with van der Waals surface area (Å²) in [4.78, 5) is 47.0. The molecular formula is C21H24O8. The molecule has 1 fully saturated rings. The van der Waals surface area contributed by atoms with Crippen LogP contribution in [0.15, 0.2) is 47.6 Å². The highest BCUT2D eigenvalue weighted by atomic mass is 16.6. The quantitative estimate of drug-likeness (QED) is 0.240. The van der Waals surface area contributed by atoms with Crippen molar-refractivity contribution < 1.29 is 38.5 Å². The molecule has 0 unspecified atom stereocenters. The molecule has 1 aliphatic heterocycles. The molecule has 0 bridgehead atoms. The Morgan fingerprint density at radius 3 is 2.66 bits per heavy atom. The lowest BCUT2D eigenvalue weighted by molar-refractivity contribution is -0.153. The highest BCUT2D eigenvalue weighted by Crippen LogP contribution is 2.36. The monoisotopic (exact) mass is 404 g/mol. The SMILES string of the molecule is C=C(C)C(=O)O[C@H]1[C@H]2C(=C)C(=O)O[C@@H]2/C=C(\COC(C)=O)CC/C=C(/C=O)[C@@H]1O. The van der Waals surface area contributed by atoms with Crippen molar-refractivity contribution in [2.75, 3.05) is 6.61 Å². The van der Waals surface area contributed by atoms with Gasteiger partial charge in [0.2, 0.25) is 0 Å². The van der Waals surface area contributed by atoms with Crippen LogP contribution < -0.4 is 0 Å². The van der Waals surface area contributed by atoms with Crippen molar-refractivity contribution in [3.8, 4) is 0 Å². The van der Waals surface area contributed by atoms with E-state index in [-0.39, 0.29) is 23.3 Å². The van der Waals surface area contributed by atoms with Crippen molar-refractivity contribution >= 4 is 24.2 Å². The summed E-state index contributed by atoms with van der Waals surface area (Å²) in [6, 6.07) is 0. The van der Waals surface area contributed by atoms with Crippen LogP contribution in [0.1, 0.15) is 26.7 Å². The molecule has 1 heterocycles. The molecule has 0 saturated carbocycles. The zero-order valence-corrected chi connectivity index (χ0v) is 16.4. The van der Waals surface area contributed by atoms with E-state index in [1.807, 2.05) is 0 Å². The molecule has 2 rings (SSSR count). The number of carbonyl (C=O) groups excluding carboxylic acids is 4. The van der Waals surface area contributed by atoms with Crippen LogP contribution in [-0.4, -0.2) is 54.2 Å². The van der Waals surface area contributed by atoms with Crippen LogP contribution >= 0.6 is 0 Å². The maximum atomic E-state index is 12.2. The molecule has 1 aliphatic carbocycles. The van der Waals surface area contributed by atoms with E-state index in [9.17, 15) is 24.3 Å². The normalized spacial score (nSPS) is 30.6. The Kier molecular flexibility index (Phi) is 7.28. The lowest BCUT2D eigenvalue weighted by Crippen LogP contribution is -2.43. The first-order valence-corrected chi connectivity index (χ1v) is 9.08. The number of allylic oxidation sites excluding steroid dienone is 1. The van der Waals surface area contributed by atoms with Gasteiger partial charge in [0, 0.05) is 23.6 Å². The zero-order chi connectivity index (χ0) is 21.7. The van der Waals surface area contributed by atoms with Crippen LogP contribution in [-0.2, 0) is 33.4 Å². The van der Waals surface area contributed by atoms with E-state index >= 15 is 0 Å². The predicted molar refractivity (Wildman–Crippen MR) is 101 cm³/mol. The summed E-state index contributed by atoms with van der Waals surface area (Å²) in [5.41, 5.74) is 0.747. The first-order chi connectivity index (χ1) is 13.6. The fraction of sp³-hybridized carbons (Fsp3) is 0.429. The smallest absolute Gasteiger partial charge is 0.334 e. The molecule has 0 spiro atoms. The van der Waals surface area contributed by atoms with Crippen molar-refractivity contribution in [3.05, 3.63) is 47.6 Å². The molecular weight excluding hydrogens is 380 g/mol. The summed E-state index contributed by atoms with van der Waals surface area (Å²) >= 11 is 0. The van der Waals surface area contributed by atoms with Crippen molar-refractivity contribution in [1.29, 1.82) is 0 Å². The Bertz CT molecular complexity index is 803. The zero-order valence-electron chi connectivity index (χ0n) is 16.4. The minimum atomic E-state index is -1.49. The minimum Gasteiger partial charge on any atom is -0.461 e. The fourth-order valence-electron chi connectivity index (χ4n) is 3.17. The van der Waals surface area contributed by atoms with E-state index < -0.39 is 42.1 Å². The summed E-state index contributed by atoms with van der Waals surface area (Å²) in [5, 5.41) is 10.8. The number of esters is 3. The standard InChI is InChI=1S/C21H24O8/c1-11(2)20(25)29-19-17-12(3)21(26)28-16(17)8-14(10-27-13(4)23)6-5-7-15(9-22)18(19)24/h7-9,16-19,24H,1,3,5-6,10H2,2,4H3/b14-8-,15-7-/t16-,17+,18+,19+/m1/s1. The van der Waals surface area contributed by atoms with E-state index in [0.717, 1.165) is 0 Å². The Morgan fingerprint density at radius 2 is 2.07 bits per heavy atom. The first kappa shape index (κ1) is 22.3. The summed E-state index contributed by atoms with van der Waals surface area (Å²) < 4.78 is 15.8. The van der Waals surface area contributed by atoms with Gasteiger partial charge < -0.3 is 19.3 Å². The average Bonchev–Trinajstić information content (AvgIpc) is 2.93. The molecule has 8 nitrogen and oxygen atoms in total. The predicted octanol–water partition coefficient (Wildman–Crippen LogP) is 1.34. The van der Waals surface area contributed by atoms with Crippen molar-refractivity contribution in [2.24, 2.45) is 5.92 Å². The Labute approximate surface area is 168 Å². The number of hydrogen-bond donors (Lipinski definition) is 1. The second-order valence-corrected chi connectivity index (χ2v) is 6.98. The summed E-state index contributed by atoms with van der Waals surface area (Å²) in [7, 11) is 0. The van der Waals surface area contributed by atoms with E-state index in [0.29, 0.717) is 24.7 Å². The van der Waals surface area contributed by atoms with Crippen LogP contribution in [0, 0.1) is 5.92 Å². The van der Waals surface area contributed by atoms with Gasteiger partial charge in [-0.1, -0.05) is 19.2 Å². The number of carbonyl (C=O) groups is 4. The van der Waals surface area contributed by atoms with Gasteiger partial charge >= 0.3 is 17.9 Å². The number of aliphatic hydroxyl groups excluding tert-OH is 1. The Hall–Kier alpha value is -3.00. The van der Waals surface area contributed by atoms with Gasteiger partial charge in [-0.3, -0.25) is 9.59 Å². The molecule has 0 aromatic heterocycles. The van der Waals surface area contributed by atoms with Crippen LogP contribution in [0.2, 0.25) is 0 Å². The van der Waals surface area contributed by atoms with Gasteiger partial charge in [0.25, 0.3) is 0 Å². The lowest BCUT2D eigenvalue weighted by Gasteiger charge is -2.30. The molecule has 156 valence electrons. The number of aliphatic hydroxyl groups is 1. The van der Waals surface area contributed by atoms with Crippen LogP contribution in [0.25, 0.3) is 0 Å². The van der Waals surface area contributed by atoms with Gasteiger partial charge in [-0.25, -0.2) is 9.59 Å². The molecule has 2 aliphatic rings.